The Morgan fingerprint density at radius 3 is 2.77 bits per heavy atom. The number of halogens is 1. The van der Waals surface area contributed by atoms with Crippen LogP contribution in [0.25, 0.3) is 0 Å². The number of anilines is 3. The maximum absolute atomic E-state index is 12.7. The van der Waals surface area contributed by atoms with E-state index in [1.165, 1.54) is 0 Å². The van der Waals surface area contributed by atoms with Crippen molar-refractivity contribution in [2.24, 2.45) is 5.92 Å². The van der Waals surface area contributed by atoms with Crippen molar-refractivity contribution in [1.82, 2.24) is 15.8 Å². The van der Waals surface area contributed by atoms with Crippen molar-refractivity contribution in [3.8, 4) is 17.6 Å². The minimum Gasteiger partial charge on any atom is -0.492 e. The van der Waals surface area contributed by atoms with E-state index in [4.69, 9.17) is 21.1 Å². The fraction of sp³-hybridized carbons (Fsp3) is 0.517. The van der Waals surface area contributed by atoms with E-state index in [-0.39, 0.29) is 23.9 Å². The number of hydrazine groups is 1. The Balaban J connectivity index is 1.52. The molecule has 40 heavy (non-hydrogen) atoms. The van der Waals surface area contributed by atoms with Gasteiger partial charge in [0.25, 0.3) is 0 Å². The number of nitrogens with one attached hydrogen (secondary N) is 5. The van der Waals surface area contributed by atoms with E-state index in [2.05, 4.69) is 37.8 Å². The molecule has 1 fully saturated rings. The van der Waals surface area contributed by atoms with Crippen molar-refractivity contribution >= 4 is 34.6 Å². The summed E-state index contributed by atoms with van der Waals surface area (Å²) in [5, 5.41) is 20.4. The summed E-state index contributed by atoms with van der Waals surface area (Å²) in [7, 11) is 3.97. The first-order chi connectivity index (χ1) is 19.4. The van der Waals surface area contributed by atoms with Gasteiger partial charge in [0, 0.05) is 42.5 Å². The Bertz CT molecular complexity index is 1200. The molecule has 10 nitrogen and oxygen atoms in total. The van der Waals surface area contributed by atoms with Gasteiger partial charge in [-0.15, -0.1) is 0 Å². The Hall–Kier alpha value is -3.23. The van der Waals surface area contributed by atoms with Gasteiger partial charge in [0.2, 0.25) is 5.91 Å². The molecule has 4 rings (SSSR count). The van der Waals surface area contributed by atoms with Crippen LogP contribution in [0.15, 0.2) is 30.3 Å². The molecule has 2 heterocycles. The number of rotatable bonds is 12. The first-order valence-corrected chi connectivity index (χ1v) is 14.3. The molecular formula is C29H40ClN7O3. The summed E-state index contributed by atoms with van der Waals surface area (Å²) in [6.45, 7) is 5.15. The van der Waals surface area contributed by atoms with Gasteiger partial charge in [-0.3, -0.25) is 15.6 Å². The second-order valence-electron chi connectivity index (χ2n) is 10.4. The minimum absolute atomic E-state index is 0.0746. The zero-order valence-corrected chi connectivity index (χ0v) is 24.2. The van der Waals surface area contributed by atoms with Crippen LogP contribution in [0.4, 0.5) is 17.1 Å². The predicted octanol–water partition coefficient (Wildman–Crippen LogP) is 4.37. The Kier molecular flexibility index (Phi) is 10.7. The number of amides is 1. The second-order valence-corrected chi connectivity index (χ2v) is 10.8. The predicted molar refractivity (Wildman–Crippen MR) is 159 cm³/mol. The van der Waals surface area contributed by atoms with Gasteiger partial charge in [-0.2, -0.15) is 5.26 Å². The van der Waals surface area contributed by atoms with Crippen molar-refractivity contribution in [2.75, 3.05) is 62.9 Å². The van der Waals surface area contributed by atoms with E-state index in [0.29, 0.717) is 48.4 Å². The first kappa shape index (κ1) is 29.7. The fourth-order valence-electron chi connectivity index (χ4n) is 4.93. The zero-order chi connectivity index (χ0) is 28.5. The van der Waals surface area contributed by atoms with Gasteiger partial charge >= 0.3 is 0 Å². The lowest BCUT2D eigenvalue weighted by Gasteiger charge is -2.33. The van der Waals surface area contributed by atoms with E-state index in [1.54, 1.807) is 0 Å². The monoisotopic (exact) mass is 569 g/mol. The van der Waals surface area contributed by atoms with Crippen LogP contribution >= 0.6 is 11.6 Å². The van der Waals surface area contributed by atoms with Gasteiger partial charge in [-0.25, -0.2) is 0 Å². The van der Waals surface area contributed by atoms with Crippen LogP contribution in [-0.2, 0) is 4.79 Å². The summed E-state index contributed by atoms with van der Waals surface area (Å²) in [6, 6.07) is 11.7. The summed E-state index contributed by atoms with van der Waals surface area (Å²) < 4.78 is 11.8. The molecule has 0 radical (unpaired) electrons. The molecule has 216 valence electrons. The summed E-state index contributed by atoms with van der Waals surface area (Å²) >= 11 is 6.59. The normalized spacial score (nSPS) is 20.1. The number of benzene rings is 2. The van der Waals surface area contributed by atoms with Crippen LogP contribution in [0.5, 0.6) is 11.5 Å². The molecule has 2 aromatic rings. The van der Waals surface area contributed by atoms with E-state index in [1.807, 2.05) is 51.4 Å². The average molecular weight is 570 g/mol. The van der Waals surface area contributed by atoms with Gasteiger partial charge in [0.05, 0.1) is 41.4 Å². The highest BCUT2D eigenvalue weighted by Gasteiger charge is 2.31. The molecule has 2 aliphatic rings. The van der Waals surface area contributed by atoms with Crippen molar-refractivity contribution in [1.29, 1.82) is 5.26 Å². The lowest BCUT2D eigenvalue weighted by molar-refractivity contribution is -0.116. The van der Waals surface area contributed by atoms with Gasteiger partial charge < -0.3 is 30.3 Å². The van der Waals surface area contributed by atoms with Crippen LogP contribution in [0.3, 0.4) is 0 Å². The average Bonchev–Trinajstić information content (AvgIpc) is 2.94. The molecule has 0 aromatic heterocycles. The number of carbonyl (C=O) groups excluding carboxylic acids is 1. The molecule has 0 spiro atoms. The van der Waals surface area contributed by atoms with E-state index >= 15 is 0 Å². The third kappa shape index (κ3) is 7.92. The smallest absolute Gasteiger partial charge is 0.224 e. The number of hydrogen-bond donors (Lipinski definition) is 5. The van der Waals surface area contributed by atoms with Gasteiger partial charge in [-0.05, 0) is 71.1 Å². The molecule has 1 saturated heterocycles. The number of hydrogen-bond acceptors (Lipinski definition) is 9. The topological polar surface area (TPSA) is 123 Å². The van der Waals surface area contributed by atoms with E-state index in [0.717, 1.165) is 49.3 Å². The third-order valence-corrected chi connectivity index (χ3v) is 7.30. The molecule has 2 aliphatic heterocycles. The summed E-state index contributed by atoms with van der Waals surface area (Å²) in [6.07, 6.45) is 3.30. The number of nitrogens with zero attached hydrogens (tertiary/aromatic N) is 2. The van der Waals surface area contributed by atoms with E-state index < -0.39 is 0 Å². The Morgan fingerprint density at radius 2 is 2.08 bits per heavy atom. The van der Waals surface area contributed by atoms with Gasteiger partial charge in [-0.1, -0.05) is 11.6 Å². The van der Waals surface area contributed by atoms with E-state index in [9.17, 15) is 10.1 Å². The molecule has 5 N–H and O–H groups in total. The maximum Gasteiger partial charge on any atom is 0.224 e. The SMILES string of the molecule is CCOc1cc2c(cc1NC(=O)CCCN(C)C)C(Nc1ccc(OCC3CCCNN3)c(Cl)c1)C(C#N)CN2. The lowest BCUT2D eigenvalue weighted by atomic mass is 9.88. The van der Waals surface area contributed by atoms with Crippen LogP contribution in [0.2, 0.25) is 5.02 Å². The van der Waals surface area contributed by atoms with Gasteiger partial charge in [0.1, 0.15) is 18.1 Å². The summed E-state index contributed by atoms with van der Waals surface area (Å²) in [5.41, 5.74) is 9.49. The number of nitriles is 1. The Morgan fingerprint density at radius 1 is 1.23 bits per heavy atom. The summed E-state index contributed by atoms with van der Waals surface area (Å²) in [5.74, 6) is 0.780. The molecule has 11 heteroatoms. The summed E-state index contributed by atoms with van der Waals surface area (Å²) in [4.78, 5) is 14.8. The lowest BCUT2D eigenvalue weighted by Crippen LogP contribution is -2.48. The number of ether oxygens (including phenoxy) is 2. The molecule has 0 saturated carbocycles. The molecular weight excluding hydrogens is 530 g/mol. The van der Waals surface area contributed by atoms with Crippen LogP contribution in [0, 0.1) is 17.2 Å². The van der Waals surface area contributed by atoms with Crippen molar-refractivity contribution in [3.63, 3.8) is 0 Å². The highest BCUT2D eigenvalue weighted by molar-refractivity contribution is 6.32. The van der Waals surface area contributed by atoms with Crippen LogP contribution in [0.1, 0.15) is 44.2 Å². The molecule has 1 amide bonds. The van der Waals surface area contributed by atoms with Crippen molar-refractivity contribution in [3.05, 3.63) is 40.9 Å². The highest BCUT2D eigenvalue weighted by atomic mass is 35.5. The van der Waals surface area contributed by atoms with Crippen molar-refractivity contribution in [2.45, 2.75) is 44.7 Å². The second kappa shape index (κ2) is 14.4. The van der Waals surface area contributed by atoms with Crippen LogP contribution in [-0.4, -0.2) is 63.8 Å². The van der Waals surface area contributed by atoms with Gasteiger partial charge in [0.15, 0.2) is 0 Å². The quantitative estimate of drug-likeness (QED) is 0.253. The maximum atomic E-state index is 12.7. The third-order valence-electron chi connectivity index (χ3n) is 7.01. The largest absolute Gasteiger partial charge is 0.492 e. The highest BCUT2D eigenvalue weighted by Crippen LogP contribution is 2.42. The molecule has 0 aliphatic carbocycles. The number of fused-ring (bicyclic) bond motifs is 1. The standard InChI is InChI=1S/C29H40ClN7O3/c1-4-39-27-15-24-22(14-25(27)35-28(38)8-6-12-37(2)3)29(19(16-31)17-32-24)34-20-9-10-26(23(30)13-20)40-18-21-7-5-11-33-36-21/h9-10,13-15,19,21,29,32-34,36H,4-8,11-12,17-18H2,1-3H3,(H,35,38). The first-order valence-electron chi connectivity index (χ1n) is 13.9. The molecule has 0 bridgehead atoms. The Labute approximate surface area is 241 Å². The van der Waals surface area contributed by atoms with Crippen molar-refractivity contribution < 1.29 is 14.3 Å². The fourth-order valence-corrected chi connectivity index (χ4v) is 5.16. The molecule has 2 aromatic carbocycles. The minimum atomic E-state index is -0.353. The number of carbonyl (C=O) groups is 1. The van der Waals surface area contributed by atoms with Crippen LogP contribution < -0.4 is 36.3 Å². The molecule has 3 unspecified atom stereocenters. The zero-order valence-electron chi connectivity index (χ0n) is 23.5. The molecule has 3 atom stereocenters.